The molecule has 1 heteroatoms. The third-order valence-corrected chi connectivity index (χ3v) is 4.00. The van der Waals surface area contributed by atoms with E-state index in [1.54, 1.807) is 0 Å². The molecule has 2 bridgehead atoms. The molecule has 3 atom stereocenters. The molecular weight excluding hydrogens is 158 g/mol. The summed E-state index contributed by atoms with van der Waals surface area (Å²) in [5.41, 5.74) is 0. The zero-order valence-corrected chi connectivity index (χ0v) is 8.02. The fraction of sp³-hybridized carbons (Fsp3) is 0.667. The molecule has 70 valence electrons. The molecule has 3 unspecified atom stereocenters. The second-order valence-corrected chi connectivity index (χ2v) is 4.81. The molecule has 0 aromatic carbocycles. The Morgan fingerprint density at radius 1 is 1.08 bits per heavy atom. The molecular formula is C12H17N. The molecule has 2 aliphatic carbocycles. The maximum Gasteiger partial charge on any atom is 0.0250 e. The fourth-order valence-electron chi connectivity index (χ4n) is 3.36. The van der Waals surface area contributed by atoms with Gasteiger partial charge in [-0.3, -0.25) is 0 Å². The molecule has 0 amide bonds. The fourth-order valence-corrected chi connectivity index (χ4v) is 3.36. The van der Waals surface area contributed by atoms with Crippen LogP contribution in [-0.4, -0.2) is 4.57 Å². The first-order valence-electron chi connectivity index (χ1n) is 5.52. The first-order chi connectivity index (χ1) is 6.42. The second-order valence-electron chi connectivity index (χ2n) is 4.81. The SMILES string of the molecule is c1ccn(CC2CC3CCC2C3)c1. The molecule has 0 radical (unpaired) electrons. The minimum Gasteiger partial charge on any atom is -0.354 e. The molecule has 1 heterocycles. The summed E-state index contributed by atoms with van der Waals surface area (Å²) in [5, 5.41) is 0. The molecule has 1 aromatic heterocycles. The smallest absolute Gasteiger partial charge is 0.0250 e. The predicted octanol–water partition coefficient (Wildman–Crippen LogP) is 2.92. The van der Waals surface area contributed by atoms with Crippen LogP contribution in [0.3, 0.4) is 0 Å². The van der Waals surface area contributed by atoms with Gasteiger partial charge in [0.1, 0.15) is 0 Å². The van der Waals surface area contributed by atoms with Gasteiger partial charge < -0.3 is 4.57 Å². The van der Waals surface area contributed by atoms with Crippen molar-refractivity contribution in [3.63, 3.8) is 0 Å². The number of hydrogen-bond donors (Lipinski definition) is 0. The molecule has 0 aliphatic heterocycles. The van der Waals surface area contributed by atoms with Gasteiger partial charge in [-0.15, -0.1) is 0 Å². The van der Waals surface area contributed by atoms with Crippen molar-refractivity contribution in [2.45, 2.75) is 32.2 Å². The summed E-state index contributed by atoms with van der Waals surface area (Å²) in [6, 6.07) is 4.26. The maximum atomic E-state index is 2.35. The monoisotopic (exact) mass is 175 g/mol. The molecule has 0 N–H and O–H groups in total. The van der Waals surface area contributed by atoms with Crippen LogP contribution < -0.4 is 0 Å². The standard InChI is InChI=1S/C12H17N/c1-2-6-13(5-1)9-12-8-10-3-4-11(12)7-10/h1-2,5-6,10-12H,3-4,7-9H2. The first-order valence-corrected chi connectivity index (χ1v) is 5.52. The third-order valence-electron chi connectivity index (χ3n) is 4.00. The average Bonchev–Trinajstić information content (AvgIpc) is 2.77. The van der Waals surface area contributed by atoms with E-state index >= 15 is 0 Å². The highest BCUT2D eigenvalue weighted by Crippen LogP contribution is 2.48. The number of fused-ring (bicyclic) bond motifs is 2. The van der Waals surface area contributed by atoms with E-state index in [4.69, 9.17) is 0 Å². The van der Waals surface area contributed by atoms with E-state index in [1.807, 2.05) is 0 Å². The van der Waals surface area contributed by atoms with Crippen molar-refractivity contribution < 1.29 is 0 Å². The van der Waals surface area contributed by atoms with Crippen molar-refractivity contribution in [2.75, 3.05) is 0 Å². The van der Waals surface area contributed by atoms with E-state index in [0.717, 1.165) is 17.8 Å². The molecule has 3 rings (SSSR count). The molecule has 2 fully saturated rings. The topological polar surface area (TPSA) is 4.93 Å². The van der Waals surface area contributed by atoms with Crippen molar-refractivity contribution in [1.29, 1.82) is 0 Å². The van der Waals surface area contributed by atoms with Gasteiger partial charge in [0, 0.05) is 18.9 Å². The summed E-state index contributed by atoms with van der Waals surface area (Å²) in [6.07, 6.45) is 10.5. The second kappa shape index (κ2) is 2.90. The summed E-state index contributed by atoms with van der Waals surface area (Å²) in [6.45, 7) is 1.27. The Kier molecular flexibility index (Phi) is 1.71. The number of rotatable bonds is 2. The van der Waals surface area contributed by atoms with Crippen molar-refractivity contribution in [1.82, 2.24) is 4.57 Å². The first kappa shape index (κ1) is 7.66. The quantitative estimate of drug-likeness (QED) is 0.651. The predicted molar refractivity (Wildman–Crippen MR) is 53.4 cm³/mol. The van der Waals surface area contributed by atoms with Crippen LogP contribution in [0, 0.1) is 17.8 Å². The largest absolute Gasteiger partial charge is 0.354 e. The number of aromatic nitrogens is 1. The lowest BCUT2D eigenvalue weighted by molar-refractivity contribution is 0.296. The third kappa shape index (κ3) is 1.31. The van der Waals surface area contributed by atoms with Gasteiger partial charge in [-0.1, -0.05) is 6.42 Å². The zero-order valence-electron chi connectivity index (χ0n) is 8.02. The van der Waals surface area contributed by atoms with E-state index in [0.29, 0.717) is 0 Å². The van der Waals surface area contributed by atoms with Crippen LogP contribution in [0.25, 0.3) is 0 Å². The Hall–Kier alpha value is -0.720. The highest BCUT2D eigenvalue weighted by molar-refractivity contribution is 4.94. The molecule has 2 saturated carbocycles. The van der Waals surface area contributed by atoms with Crippen LogP contribution in [0.2, 0.25) is 0 Å². The van der Waals surface area contributed by atoms with Crippen molar-refractivity contribution in [3.8, 4) is 0 Å². The minimum absolute atomic E-state index is 0.992. The summed E-state index contributed by atoms with van der Waals surface area (Å²) in [4.78, 5) is 0. The lowest BCUT2D eigenvalue weighted by Crippen LogP contribution is -2.16. The van der Waals surface area contributed by atoms with E-state index in [1.165, 1.54) is 32.2 Å². The molecule has 2 aliphatic rings. The molecule has 0 saturated heterocycles. The Morgan fingerprint density at radius 2 is 1.92 bits per heavy atom. The lowest BCUT2D eigenvalue weighted by Gasteiger charge is -2.21. The average molecular weight is 175 g/mol. The minimum atomic E-state index is 0.992. The summed E-state index contributed by atoms with van der Waals surface area (Å²) < 4.78 is 2.35. The van der Waals surface area contributed by atoms with Crippen LogP contribution in [-0.2, 0) is 6.54 Å². The van der Waals surface area contributed by atoms with Crippen LogP contribution in [0.5, 0.6) is 0 Å². The van der Waals surface area contributed by atoms with Crippen LogP contribution in [0.4, 0.5) is 0 Å². The van der Waals surface area contributed by atoms with Crippen LogP contribution >= 0.6 is 0 Å². The highest BCUT2D eigenvalue weighted by atomic mass is 14.9. The van der Waals surface area contributed by atoms with E-state index in [9.17, 15) is 0 Å². The van der Waals surface area contributed by atoms with E-state index in [2.05, 4.69) is 29.1 Å². The van der Waals surface area contributed by atoms with Crippen LogP contribution in [0.15, 0.2) is 24.5 Å². The highest BCUT2D eigenvalue weighted by Gasteiger charge is 2.39. The number of hydrogen-bond acceptors (Lipinski definition) is 0. The van der Waals surface area contributed by atoms with Gasteiger partial charge in [0.25, 0.3) is 0 Å². The normalized spacial score (nSPS) is 37.1. The van der Waals surface area contributed by atoms with Gasteiger partial charge in [-0.25, -0.2) is 0 Å². The summed E-state index contributed by atoms with van der Waals surface area (Å²) >= 11 is 0. The van der Waals surface area contributed by atoms with Crippen molar-refractivity contribution >= 4 is 0 Å². The lowest BCUT2D eigenvalue weighted by atomic mass is 9.89. The van der Waals surface area contributed by atoms with Crippen LogP contribution in [0.1, 0.15) is 25.7 Å². The Morgan fingerprint density at radius 3 is 2.54 bits per heavy atom. The summed E-state index contributed by atoms with van der Waals surface area (Å²) in [5.74, 6) is 3.14. The summed E-state index contributed by atoms with van der Waals surface area (Å²) in [7, 11) is 0. The van der Waals surface area contributed by atoms with Crippen molar-refractivity contribution in [3.05, 3.63) is 24.5 Å². The molecule has 0 spiro atoms. The van der Waals surface area contributed by atoms with Gasteiger partial charge in [0.05, 0.1) is 0 Å². The number of nitrogens with zero attached hydrogens (tertiary/aromatic N) is 1. The molecule has 1 aromatic rings. The van der Waals surface area contributed by atoms with Crippen molar-refractivity contribution in [2.24, 2.45) is 17.8 Å². The maximum absolute atomic E-state index is 2.35. The zero-order chi connectivity index (χ0) is 8.67. The van der Waals surface area contributed by atoms with E-state index < -0.39 is 0 Å². The van der Waals surface area contributed by atoms with Gasteiger partial charge in [0.15, 0.2) is 0 Å². The van der Waals surface area contributed by atoms with Gasteiger partial charge in [-0.05, 0) is 49.1 Å². The van der Waals surface area contributed by atoms with E-state index in [-0.39, 0.29) is 0 Å². The Labute approximate surface area is 79.8 Å². The van der Waals surface area contributed by atoms with Gasteiger partial charge in [0.2, 0.25) is 0 Å². The Balaban J connectivity index is 1.68. The van der Waals surface area contributed by atoms with Gasteiger partial charge >= 0.3 is 0 Å². The Bertz CT molecular complexity index is 275. The molecule has 1 nitrogen and oxygen atoms in total. The molecule has 13 heavy (non-hydrogen) atoms. The van der Waals surface area contributed by atoms with Gasteiger partial charge in [-0.2, -0.15) is 0 Å².